The van der Waals surface area contributed by atoms with Gasteiger partial charge in [0, 0.05) is 16.4 Å². The number of hydrogen-bond acceptors (Lipinski definition) is 7. The third kappa shape index (κ3) is 6.95. The fraction of sp³-hybridized carbons (Fsp3) is 0.0870. The smallest absolute Gasteiger partial charge is 0.279 e. The molecule has 0 atom stereocenters. The number of allylic oxidation sites excluding steroid dienone is 1. The van der Waals surface area contributed by atoms with E-state index in [4.69, 9.17) is 27.9 Å². The van der Waals surface area contributed by atoms with Gasteiger partial charge in [0.1, 0.15) is 16.4 Å². The van der Waals surface area contributed by atoms with Crippen molar-refractivity contribution in [3.05, 3.63) is 88.2 Å². The minimum atomic E-state index is -4.07. The Labute approximate surface area is 212 Å². The Morgan fingerprint density at radius 3 is 2.20 bits per heavy atom. The van der Waals surface area contributed by atoms with Crippen molar-refractivity contribution in [1.29, 1.82) is 0 Å². The summed E-state index contributed by atoms with van der Waals surface area (Å²) in [6.07, 6.45) is 0. The first-order valence-electron chi connectivity index (χ1n) is 9.94. The van der Waals surface area contributed by atoms with Gasteiger partial charge in [-0.1, -0.05) is 23.2 Å². The van der Waals surface area contributed by atoms with Gasteiger partial charge >= 0.3 is 0 Å². The van der Waals surface area contributed by atoms with Gasteiger partial charge in [-0.25, -0.2) is 8.42 Å². The van der Waals surface area contributed by atoms with Crippen LogP contribution in [0.1, 0.15) is 6.92 Å². The fourth-order valence-corrected chi connectivity index (χ4v) is 4.45. The molecule has 0 unspecified atom stereocenters. The minimum absolute atomic E-state index is 0.0447. The summed E-state index contributed by atoms with van der Waals surface area (Å²) in [5.74, 6) is -0.494. The van der Waals surface area contributed by atoms with E-state index in [0.717, 1.165) is 0 Å². The minimum Gasteiger partial charge on any atom is -0.510 e. The zero-order chi connectivity index (χ0) is 25.6. The van der Waals surface area contributed by atoms with Crippen molar-refractivity contribution in [3.8, 4) is 5.75 Å². The zero-order valence-corrected chi connectivity index (χ0v) is 20.8. The molecule has 12 heteroatoms. The predicted octanol–water partition coefficient (Wildman–Crippen LogP) is 6.31. The van der Waals surface area contributed by atoms with E-state index in [1.807, 2.05) is 0 Å². The highest BCUT2D eigenvalue weighted by molar-refractivity contribution is 7.92. The number of hydrogen-bond donors (Lipinski definition) is 3. The number of aliphatic hydroxyl groups is 1. The first kappa shape index (κ1) is 26.0. The van der Waals surface area contributed by atoms with E-state index in [2.05, 4.69) is 20.3 Å². The van der Waals surface area contributed by atoms with Crippen molar-refractivity contribution in [2.75, 3.05) is 17.1 Å². The van der Waals surface area contributed by atoms with Gasteiger partial charge in [0.05, 0.1) is 17.8 Å². The molecule has 0 bridgehead atoms. The molecule has 35 heavy (non-hydrogen) atoms. The summed E-state index contributed by atoms with van der Waals surface area (Å²) in [7, 11) is -2.56. The molecule has 182 valence electrons. The van der Waals surface area contributed by atoms with Gasteiger partial charge < -0.3 is 15.2 Å². The van der Waals surface area contributed by atoms with Crippen molar-refractivity contribution in [2.45, 2.75) is 11.8 Å². The van der Waals surface area contributed by atoms with Crippen LogP contribution in [-0.4, -0.2) is 26.5 Å². The molecule has 0 aromatic heterocycles. The number of aliphatic hydroxyl groups excluding tert-OH is 1. The maximum absolute atomic E-state index is 12.8. The van der Waals surface area contributed by atoms with Crippen LogP contribution in [-0.2, 0) is 14.8 Å². The molecule has 3 N–H and O–H groups in total. The number of rotatable bonds is 8. The molecule has 0 fully saturated rings. The second kappa shape index (κ2) is 11.2. The molecule has 3 aromatic carbocycles. The summed E-state index contributed by atoms with van der Waals surface area (Å²) in [5.41, 5.74) is 0.452. The largest absolute Gasteiger partial charge is 0.510 e. The third-order valence-corrected chi connectivity index (χ3v) is 6.59. The number of benzene rings is 3. The standard InChI is InChI=1S/C23H20Cl2N4O5S/c1-14(30)22(23(31)26-16-7-10-19(34-2)11-8-16)28-27-18-9-12-20(25)21(13-18)35(32,33)29-17-5-3-15(24)4-6-17/h3-13,29-30H,1-2H3,(H,26,31)/b22-14-,28-27?. The summed E-state index contributed by atoms with van der Waals surface area (Å²) < 4.78 is 33.2. The second-order valence-corrected chi connectivity index (χ2v) is 9.54. The number of amides is 1. The van der Waals surface area contributed by atoms with Crippen LogP contribution in [0.25, 0.3) is 0 Å². The average molecular weight is 535 g/mol. The predicted molar refractivity (Wildman–Crippen MR) is 135 cm³/mol. The number of azo groups is 1. The van der Waals surface area contributed by atoms with Gasteiger partial charge in [0.15, 0.2) is 5.70 Å². The number of ether oxygens (including phenoxy) is 1. The van der Waals surface area contributed by atoms with E-state index in [0.29, 0.717) is 16.5 Å². The lowest BCUT2D eigenvalue weighted by Gasteiger charge is -2.10. The van der Waals surface area contributed by atoms with Gasteiger partial charge in [-0.05, 0) is 73.7 Å². The number of anilines is 2. The van der Waals surface area contributed by atoms with E-state index >= 15 is 0 Å². The van der Waals surface area contributed by atoms with Crippen LogP contribution in [0.4, 0.5) is 17.1 Å². The Kier molecular flexibility index (Phi) is 8.34. The molecular weight excluding hydrogens is 515 g/mol. The number of methoxy groups -OCH3 is 1. The van der Waals surface area contributed by atoms with Gasteiger partial charge in [0.25, 0.3) is 15.9 Å². The highest BCUT2D eigenvalue weighted by atomic mass is 35.5. The maximum Gasteiger partial charge on any atom is 0.279 e. The first-order chi connectivity index (χ1) is 16.6. The van der Waals surface area contributed by atoms with Gasteiger partial charge in [-0.15, -0.1) is 5.11 Å². The molecule has 0 aliphatic rings. The second-order valence-electron chi connectivity index (χ2n) is 7.04. The van der Waals surface area contributed by atoms with Crippen molar-refractivity contribution in [2.24, 2.45) is 10.2 Å². The third-order valence-electron chi connectivity index (χ3n) is 4.47. The number of nitrogens with one attached hydrogen (secondary N) is 2. The quantitative estimate of drug-likeness (QED) is 0.177. The molecule has 3 rings (SSSR count). The number of halogens is 2. The molecule has 0 saturated carbocycles. The molecule has 0 aliphatic carbocycles. The van der Waals surface area contributed by atoms with Crippen LogP contribution >= 0.6 is 23.2 Å². The highest BCUT2D eigenvalue weighted by Gasteiger charge is 2.19. The van der Waals surface area contributed by atoms with Gasteiger partial charge in [-0.2, -0.15) is 5.11 Å². The summed E-state index contributed by atoms with van der Waals surface area (Å²) >= 11 is 11.9. The van der Waals surface area contributed by atoms with Crippen LogP contribution < -0.4 is 14.8 Å². The summed E-state index contributed by atoms with van der Waals surface area (Å²) in [6, 6.07) is 16.5. The Hall–Kier alpha value is -3.60. The first-order valence-corrected chi connectivity index (χ1v) is 12.2. The summed E-state index contributed by atoms with van der Waals surface area (Å²) in [4.78, 5) is 12.3. The number of nitrogens with zero attached hydrogens (tertiary/aromatic N) is 2. The van der Waals surface area contributed by atoms with Gasteiger partial charge in [-0.3, -0.25) is 9.52 Å². The number of sulfonamides is 1. The van der Waals surface area contributed by atoms with Crippen LogP contribution in [0.3, 0.4) is 0 Å². The Bertz CT molecular complexity index is 1390. The molecule has 0 aliphatic heterocycles. The Morgan fingerprint density at radius 2 is 1.60 bits per heavy atom. The lowest BCUT2D eigenvalue weighted by Crippen LogP contribution is -2.14. The van der Waals surface area contributed by atoms with Crippen LogP contribution in [0.15, 0.2) is 93.3 Å². The van der Waals surface area contributed by atoms with Gasteiger partial charge in [0.2, 0.25) is 0 Å². The molecular formula is C23H20Cl2N4O5S. The average Bonchev–Trinajstić information content (AvgIpc) is 2.81. The van der Waals surface area contributed by atoms with E-state index < -0.39 is 15.9 Å². The Morgan fingerprint density at radius 1 is 0.971 bits per heavy atom. The fourth-order valence-electron chi connectivity index (χ4n) is 2.74. The maximum atomic E-state index is 12.8. The molecule has 1 amide bonds. The van der Waals surface area contributed by atoms with E-state index in [9.17, 15) is 18.3 Å². The molecule has 0 radical (unpaired) electrons. The molecule has 0 saturated heterocycles. The molecule has 9 nitrogen and oxygen atoms in total. The molecule has 0 heterocycles. The number of carbonyl (C=O) groups excluding carboxylic acids is 1. The number of carbonyl (C=O) groups is 1. The SMILES string of the molecule is COc1ccc(NC(=O)/C(N=Nc2ccc(Cl)c(S(=O)(=O)Nc3ccc(Cl)cc3)c2)=C(\C)O)cc1. The lowest BCUT2D eigenvalue weighted by molar-refractivity contribution is -0.113. The summed E-state index contributed by atoms with van der Waals surface area (Å²) in [6.45, 7) is 1.27. The van der Waals surface area contributed by atoms with Crippen LogP contribution in [0, 0.1) is 0 Å². The van der Waals surface area contributed by atoms with Crippen LogP contribution in [0.2, 0.25) is 10.0 Å². The van der Waals surface area contributed by atoms with Crippen molar-refractivity contribution in [3.63, 3.8) is 0 Å². The summed E-state index contributed by atoms with van der Waals surface area (Å²) in [5, 5.41) is 20.7. The normalized spacial score (nSPS) is 12.2. The molecule has 0 spiro atoms. The van der Waals surface area contributed by atoms with E-state index in [1.54, 1.807) is 24.3 Å². The Balaban J connectivity index is 1.82. The van der Waals surface area contributed by atoms with Crippen molar-refractivity contribution < 1.29 is 23.1 Å². The molecule has 3 aromatic rings. The van der Waals surface area contributed by atoms with E-state index in [-0.39, 0.29) is 32.7 Å². The zero-order valence-electron chi connectivity index (χ0n) is 18.5. The lowest BCUT2D eigenvalue weighted by atomic mass is 10.3. The van der Waals surface area contributed by atoms with Crippen molar-refractivity contribution >= 4 is 56.2 Å². The van der Waals surface area contributed by atoms with Crippen LogP contribution in [0.5, 0.6) is 5.75 Å². The van der Waals surface area contributed by atoms with E-state index in [1.165, 1.54) is 56.5 Å². The van der Waals surface area contributed by atoms with Crippen molar-refractivity contribution in [1.82, 2.24) is 0 Å². The monoisotopic (exact) mass is 534 g/mol. The topological polar surface area (TPSA) is 129 Å². The highest BCUT2D eigenvalue weighted by Crippen LogP contribution is 2.29.